The van der Waals surface area contributed by atoms with Crippen LogP contribution in [0.4, 0.5) is 0 Å². The number of aromatic nitrogens is 4. The topological polar surface area (TPSA) is 51.6 Å². The molecule has 4 nitrogen and oxygen atoms in total. The molecule has 63 heavy (non-hydrogen) atoms. The van der Waals surface area contributed by atoms with Crippen LogP contribution in [-0.2, 0) is 5.41 Å². The van der Waals surface area contributed by atoms with E-state index in [1.54, 1.807) is 0 Å². The van der Waals surface area contributed by atoms with Crippen molar-refractivity contribution in [2.75, 3.05) is 0 Å². The van der Waals surface area contributed by atoms with E-state index in [4.69, 9.17) is 19.9 Å². The standard InChI is InChI=1S/C59H38N4/c1-3-16-37(17-4-1)38-30-32-40(33-31-38)57-61-56(39-18-5-2-6-19-39)62-58(63-57)42-21-15-20-41(36-42)55-54-46(45-24-10-14-29-52(45)60-55)34-35-51-53(54)47-25-9-13-28-50(47)59(51)48-26-11-7-22-43(48)44-23-8-12-27-49(44)59/h1-30,32,34-36H,31,33H2. The van der Waals surface area contributed by atoms with Gasteiger partial charge in [0, 0.05) is 27.5 Å². The van der Waals surface area contributed by atoms with Gasteiger partial charge in [-0.05, 0) is 91.6 Å². The summed E-state index contributed by atoms with van der Waals surface area (Å²) >= 11 is 0. The van der Waals surface area contributed by atoms with E-state index in [0.717, 1.165) is 57.1 Å². The van der Waals surface area contributed by atoms with Crippen molar-refractivity contribution in [1.29, 1.82) is 0 Å². The fourth-order valence-corrected chi connectivity index (χ4v) is 10.7. The van der Waals surface area contributed by atoms with Crippen molar-refractivity contribution in [1.82, 2.24) is 19.9 Å². The number of benzene rings is 8. The number of allylic oxidation sites excluding steroid dienone is 4. The highest BCUT2D eigenvalue weighted by Crippen LogP contribution is 2.64. The number of para-hydroxylation sites is 1. The molecule has 0 atom stereocenters. The average molecular weight is 803 g/mol. The van der Waals surface area contributed by atoms with E-state index in [1.165, 1.54) is 61.0 Å². The van der Waals surface area contributed by atoms with Crippen molar-refractivity contribution in [2.45, 2.75) is 18.3 Å². The Morgan fingerprint density at radius 3 is 1.60 bits per heavy atom. The van der Waals surface area contributed by atoms with E-state index < -0.39 is 5.41 Å². The molecule has 13 rings (SSSR count). The molecule has 0 aliphatic heterocycles. The molecule has 3 aliphatic carbocycles. The van der Waals surface area contributed by atoms with Crippen molar-refractivity contribution < 1.29 is 0 Å². The third-order valence-corrected chi connectivity index (χ3v) is 13.5. The first-order valence-electron chi connectivity index (χ1n) is 21.8. The maximum Gasteiger partial charge on any atom is 0.164 e. The van der Waals surface area contributed by atoms with Crippen molar-refractivity contribution in [2.24, 2.45) is 0 Å². The average Bonchev–Trinajstić information content (AvgIpc) is 3.84. The minimum absolute atomic E-state index is 0.460. The van der Waals surface area contributed by atoms with Gasteiger partial charge in [-0.2, -0.15) is 0 Å². The molecule has 0 unspecified atom stereocenters. The molecule has 8 aromatic carbocycles. The van der Waals surface area contributed by atoms with E-state index >= 15 is 0 Å². The van der Waals surface area contributed by atoms with Crippen molar-refractivity contribution in [3.63, 3.8) is 0 Å². The molecule has 0 saturated heterocycles. The number of nitrogens with zero attached hydrogens (tertiary/aromatic N) is 4. The largest absolute Gasteiger partial charge is 0.247 e. The maximum atomic E-state index is 5.58. The molecule has 0 fully saturated rings. The summed E-state index contributed by atoms with van der Waals surface area (Å²) in [7, 11) is 0. The Kier molecular flexibility index (Phi) is 7.91. The van der Waals surface area contributed by atoms with Gasteiger partial charge < -0.3 is 0 Å². The molecule has 294 valence electrons. The lowest BCUT2D eigenvalue weighted by atomic mass is 9.70. The van der Waals surface area contributed by atoms with Crippen LogP contribution in [0.3, 0.4) is 0 Å². The van der Waals surface area contributed by atoms with Gasteiger partial charge in [-0.25, -0.2) is 19.9 Å². The number of hydrogen-bond acceptors (Lipinski definition) is 4. The van der Waals surface area contributed by atoms with E-state index in [1.807, 2.05) is 18.2 Å². The number of rotatable bonds is 5. The van der Waals surface area contributed by atoms with Gasteiger partial charge in [-0.1, -0.05) is 194 Å². The van der Waals surface area contributed by atoms with Gasteiger partial charge in [0.1, 0.15) is 0 Å². The van der Waals surface area contributed by atoms with E-state index in [0.29, 0.717) is 17.5 Å². The van der Waals surface area contributed by atoms with E-state index in [2.05, 4.69) is 188 Å². The minimum atomic E-state index is -0.460. The minimum Gasteiger partial charge on any atom is -0.247 e. The molecule has 1 spiro atoms. The highest BCUT2D eigenvalue weighted by Gasteiger charge is 2.52. The molecule has 3 aliphatic rings. The van der Waals surface area contributed by atoms with Crippen LogP contribution in [0.15, 0.2) is 206 Å². The molecule has 0 bridgehead atoms. The quantitative estimate of drug-likeness (QED) is 0.163. The van der Waals surface area contributed by atoms with Gasteiger partial charge in [0.25, 0.3) is 0 Å². The highest BCUT2D eigenvalue weighted by atomic mass is 15.0. The second-order valence-corrected chi connectivity index (χ2v) is 16.8. The summed E-state index contributed by atoms with van der Waals surface area (Å²) in [5.74, 6) is 2.00. The summed E-state index contributed by atoms with van der Waals surface area (Å²) in [5.41, 5.74) is 18.3. The first-order chi connectivity index (χ1) is 31.2. The third-order valence-electron chi connectivity index (χ3n) is 13.5. The number of fused-ring (bicyclic) bond motifs is 14. The Labute approximate surface area is 365 Å². The zero-order valence-corrected chi connectivity index (χ0v) is 34.3. The van der Waals surface area contributed by atoms with Crippen LogP contribution in [-0.4, -0.2) is 19.9 Å². The Morgan fingerprint density at radius 2 is 0.889 bits per heavy atom. The molecule has 0 saturated carbocycles. The summed E-state index contributed by atoms with van der Waals surface area (Å²) < 4.78 is 0. The summed E-state index contributed by atoms with van der Waals surface area (Å²) in [6, 6.07) is 69.8. The fraction of sp³-hybridized carbons (Fsp3) is 0.0508. The van der Waals surface area contributed by atoms with Crippen LogP contribution >= 0.6 is 0 Å². The molecule has 2 heterocycles. The molecule has 0 amide bonds. The van der Waals surface area contributed by atoms with Crippen LogP contribution in [0, 0.1) is 0 Å². The van der Waals surface area contributed by atoms with Crippen molar-refractivity contribution in [3.8, 4) is 56.3 Å². The molecule has 10 aromatic rings. The predicted molar refractivity (Wildman–Crippen MR) is 257 cm³/mol. The van der Waals surface area contributed by atoms with Gasteiger partial charge in [0.05, 0.1) is 16.6 Å². The number of pyridine rings is 1. The zero-order chi connectivity index (χ0) is 41.5. The summed E-state index contributed by atoms with van der Waals surface area (Å²) in [5, 5.41) is 3.48. The molecule has 2 aromatic heterocycles. The molecular formula is C59H38N4. The lowest BCUT2D eigenvalue weighted by molar-refractivity contribution is 0.794. The van der Waals surface area contributed by atoms with Crippen LogP contribution in [0.2, 0.25) is 0 Å². The van der Waals surface area contributed by atoms with Gasteiger partial charge in [-0.15, -0.1) is 0 Å². The number of hydrogen-bond donors (Lipinski definition) is 0. The second kappa shape index (κ2) is 14.0. The normalized spacial score (nSPS) is 14.2. The van der Waals surface area contributed by atoms with Crippen molar-refractivity contribution >= 4 is 32.8 Å². The highest BCUT2D eigenvalue weighted by molar-refractivity contribution is 6.19. The van der Waals surface area contributed by atoms with E-state index in [9.17, 15) is 0 Å². The smallest absolute Gasteiger partial charge is 0.164 e. The summed E-state index contributed by atoms with van der Waals surface area (Å²) in [6.07, 6.45) is 6.17. The first kappa shape index (κ1) is 35.7. The van der Waals surface area contributed by atoms with Crippen LogP contribution in [0.1, 0.15) is 46.5 Å². The molecule has 0 radical (unpaired) electrons. The monoisotopic (exact) mass is 802 g/mol. The zero-order valence-electron chi connectivity index (χ0n) is 34.3. The molecule has 4 heteroatoms. The van der Waals surface area contributed by atoms with E-state index in [-0.39, 0.29) is 0 Å². The Balaban J connectivity index is 1.04. The van der Waals surface area contributed by atoms with Gasteiger partial charge in [0.15, 0.2) is 17.5 Å². The lowest BCUT2D eigenvalue weighted by Gasteiger charge is -2.30. The maximum absolute atomic E-state index is 5.58. The Bertz CT molecular complexity index is 3520. The summed E-state index contributed by atoms with van der Waals surface area (Å²) in [6.45, 7) is 0. The third kappa shape index (κ3) is 5.34. The van der Waals surface area contributed by atoms with Crippen LogP contribution in [0.5, 0.6) is 0 Å². The second-order valence-electron chi connectivity index (χ2n) is 16.8. The molecular weight excluding hydrogens is 765 g/mol. The fourth-order valence-electron chi connectivity index (χ4n) is 10.7. The van der Waals surface area contributed by atoms with Gasteiger partial charge >= 0.3 is 0 Å². The first-order valence-corrected chi connectivity index (χ1v) is 21.8. The van der Waals surface area contributed by atoms with Crippen LogP contribution < -0.4 is 0 Å². The lowest BCUT2D eigenvalue weighted by Crippen LogP contribution is -2.25. The van der Waals surface area contributed by atoms with Crippen molar-refractivity contribution in [3.05, 3.63) is 240 Å². The SMILES string of the molecule is C1=C(c2ccccc2)CCC(c2nc(-c3ccccc3)nc(-c3cccc(-c4nc5ccccc5c5ccc6c(c45)-c4ccccc4C64c5ccccc5-c5ccccc54)c3)n2)=C1. The summed E-state index contributed by atoms with van der Waals surface area (Å²) in [4.78, 5) is 21.1. The Morgan fingerprint density at radius 1 is 0.349 bits per heavy atom. The van der Waals surface area contributed by atoms with Gasteiger partial charge in [0.2, 0.25) is 0 Å². The predicted octanol–water partition coefficient (Wildman–Crippen LogP) is 14.2. The van der Waals surface area contributed by atoms with Gasteiger partial charge in [-0.3, -0.25) is 0 Å². The van der Waals surface area contributed by atoms with Crippen LogP contribution in [0.25, 0.3) is 89.1 Å². The molecule has 0 N–H and O–H groups in total. The Hall–Kier alpha value is -8.08.